The molecule has 1 aliphatic carbocycles. The molecule has 2 aliphatic rings. The summed E-state index contributed by atoms with van der Waals surface area (Å²) in [6, 6.07) is 5.77. The van der Waals surface area contributed by atoms with E-state index in [1.807, 2.05) is 4.90 Å². The van der Waals surface area contributed by atoms with Crippen LogP contribution in [0.3, 0.4) is 0 Å². The largest absolute Gasteiger partial charge is 0.339 e. The monoisotopic (exact) mass is 331 g/mol. The number of halogens is 1. The Morgan fingerprint density at radius 2 is 1.57 bits per heavy atom. The molecule has 0 radical (unpaired) electrons. The van der Waals surface area contributed by atoms with Gasteiger partial charge in [0.05, 0.1) is 0 Å². The summed E-state index contributed by atoms with van der Waals surface area (Å²) in [6.45, 7) is 1.44. The summed E-state index contributed by atoms with van der Waals surface area (Å²) >= 11 is 1.75. The van der Waals surface area contributed by atoms with Crippen LogP contribution < -0.4 is 0 Å². The number of aromatic nitrogens is 2. The highest BCUT2D eigenvalue weighted by Crippen LogP contribution is 2.43. The zero-order chi connectivity index (χ0) is 15.8. The van der Waals surface area contributed by atoms with Crippen molar-refractivity contribution in [3.8, 4) is 0 Å². The van der Waals surface area contributed by atoms with Crippen molar-refractivity contribution >= 4 is 17.2 Å². The van der Waals surface area contributed by atoms with Crippen LogP contribution in [0.2, 0.25) is 0 Å². The molecule has 1 aromatic carbocycles. The van der Waals surface area contributed by atoms with Crippen molar-refractivity contribution < 1.29 is 9.18 Å². The van der Waals surface area contributed by atoms with E-state index in [1.165, 1.54) is 30.0 Å². The van der Waals surface area contributed by atoms with Gasteiger partial charge in [-0.25, -0.2) is 4.39 Å². The predicted molar refractivity (Wildman–Crippen MR) is 86.2 cm³/mol. The molecule has 4 rings (SSSR count). The van der Waals surface area contributed by atoms with Gasteiger partial charge >= 0.3 is 0 Å². The lowest BCUT2D eigenvalue weighted by molar-refractivity contribution is 0.0713. The molecule has 0 unspecified atom stereocenters. The molecule has 0 bridgehead atoms. The topological polar surface area (TPSA) is 46.1 Å². The van der Waals surface area contributed by atoms with Crippen molar-refractivity contribution in [1.29, 1.82) is 0 Å². The van der Waals surface area contributed by atoms with E-state index in [1.54, 1.807) is 23.5 Å². The summed E-state index contributed by atoms with van der Waals surface area (Å²) in [4.78, 5) is 14.3. The molecule has 2 fully saturated rings. The highest BCUT2D eigenvalue weighted by atomic mass is 32.1. The Morgan fingerprint density at radius 1 is 1.00 bits per heavy atom. The third kappa shape index (κ3) is 3.13. The van der Waals surface area contributed by atoms with E-state index in [4.69, 9.17) is 0 Å². The molecule has 6 heteroatoms. The van der Waals surface area contributed by atoms with Crippen LogP contribution in [-0.2, 0) is 0 Å². The molecular formula is C17H18FN3OS. The van der Waals surface area contributed by atoms with Crippen LogP contribution in [0.25, 0.3) is 0 Å². The molecule has 4 nitrogen and oxygen atoms in total. The molecule has 0 N–H and O–H groups in total. The Hall–Kier alpha value is -1.82. The van der Waals surface area contributed by atoms with Gasteiger partial charge in [0.2, 0.25) is 0 Å². The zero-order valence-electron chi connectivity index (χ0n) is 12.7. The maximum Gasteiger partial charge on any atom is 0.253 e. The van der Waals surface area contributed by atoms with E-state index >= 15 is 0 Å². The maximum atomic E-state index is 13.0. The minimum atomic E-state index is -0.317. The smallest absolute Gasteiger partial charge is 0.253 e. The highest BCUT2D eigenvalue weighted by molar-refractivity contribution is 7.11. The number of rotatable bonds is 3. The lowest BCUT2D eigenvalue weighted by Gasteiger charge is -2.31. The van der Waals surface area contributed by atoms with Crippen molar-refractivity contribution in [2.75, 3.05) is 13.1 Å². The van der Waals surface area contributed by atoms with Gasteiger partial charge in [-0.05, 0) is 49.9 Å². The van der Waals surface area contributed by atoms with Gasteiger partial charge in [0.25, 0.3) is 5.91 Å². The van der Waals surface area contributed by atoms with E-state index < -0.39 is 0 Å². The van der Waals surface area contributed by atoms with Crippen molar-refractivity contribution in [3.63, 3.8) is 0 Å². The van der Waals surface area contributed by atoms with Crippen LogP contribution in [0, 0.1) is 5.82 Å². The first-order valence-electron chi connectivity index (χ1n) is 8.09. The molecule has 0 spiro atoms. The maximum absolute atomic E-state index is 13.0. The minimum absolute atomic E-state index is 0.0145. The average molecular weight is 331 g/mol. The van der Waals surface area contributed by atoms with Gasteiger partial charge in [0.15, 0.2) is 0 Å². The quantitative estimate of drug-likeness (QED) is 0.864. The lowest BCUT2D eigenvalue weighted by atomic mass is 9.97. The van der Waals surface area contributed by atoms with E-state index in [0.717, 1.165) is 30.9 Å². The van der Waals surface area contributed by atoms with Gasteiger partial charge in [-0.3, -0.25) is 4.79 Å². The standard InChI is InChI=1S/C17H18FN3OS/c18-14-5-3-13(4-6-14)17(22)21-9-7-12(8-10-21)16-20-19-15(23-16)11-1-2-11/h3-6,11-12H,1-2,7-10H2. The molecule has 23 heavy (non-hydrogen) atoms. The lowest BCUT2D eigenvalue weighted by Crippen LogP contribution is -2.37. The van der Waals surface area contributed by atoms with E-state index in [9.17, 15) is 9.18 Å². The van der Waals surface area contributed by atoms with Gasteiger partial charge in [-0.15, -0.1) is 21.5 Å². The van der Waals surface area contributed by atoms with Crippen LogP contribution in [-0.4, -0.2) is 34.1 Å². The van der Waals surface area contributed by atoms with Crippen molar-refractivity contribution in [1.82, 2.24) is 15.1 Å². The first-order chi connectivity index (χ1) is 11.2. The molecular weight excluding hydrogens is 313 g/mol. The fourth-order valence-electron chi connectivity index (χ4n) is 3.01. The summed E-state index contributed by atoms with van der Waals surface area (Å²) in [5.41, 5.74) is 0.553. The first kappa shape index (κ1) is 14.8. The first-order valence-corrected chi connectivity index (χ1v) is 8.90. The highest BCUT2D eigenvalue weighted by Gasteiger charge is 2.31. The average Bonchev–Trinajstić information content (AvgIpc) is 3.32. The molecule has 2 heterocycles. The Labute approximate surface area is 138 Å². The second-order valence-corrected chi connectivity index (χ2v) is 7.37. The normalized spacial score (nSPS) is 19.1. The fraction of sp³-hybridized carbons (Fsp3) is 0.471. The number of piperidine rings is 1. The minimum Gasteiger partial charge on any atom is -0.339 e. The van der Waals surface area contributed by atoms with Gasteiger partial charge < -0.3 is 4.90 Å². The summed E-state index contributed by atoms with van der Waals surface area (Å²) in [5, 5.41) is 11.0. The molecule has 1 aliphatic heterocycles. The van der Waals surface area contributed by atoms with E-state index in [-0.39, 0.29) is 11.7 Å². The molecule has 1 saturated heterocycles. The Kier molecular flexibility index (Phi) is 3.85. The molecule has 1 saturated carbocycles. The zero-order valence-corrected chi connectivity index (χ0v) is 13.6. The van der Waals surface area contributed by atoms with Crippen LogP contribution in [0.15, 0.2) is 24.3 Å². The van der Waals surface area contributed by atoms with Crippen LogP contribution in [0.1, 0.15) is 57.9 Å². The number of likely N-dealkylation sites (tertiary alicyclic amines) is 1. The summed E-state index contributed by atoms with van der Waals surface area (Å²) in [7, 11) is 0. The Bertz CT molecular complexity index is 703. The number of hydrogen-bond donors (Lipinski definition) is 0. The number of hydrogen-bond acceptors (Lipinski definition) is 4. The predicted octanol–water partition coefficient (Wildman–Crippen LogP) is 3.57. The van der Waals surface area contributed by atoms with Crippen LogP contribution >= 0.6 is 11.3 Å². The van der Waals surface area contributed by atoms with Gasteiger partial charge in [0.1, 0.15) is 15.8 Å². The molecule has 0 atom stereocenters. The molecule has 1 amide bonds. The second kappa shape index (κ2) is 6.00. The number of amides is 1. The van der Waals surface area contributed by atoms with Crippen LogP contribution in [0.5, 0.6) is 0 Å². The summed E-state index contributed by atoms with van der Waals surface area (Å²) in [6.07, 6.45) is 4.34. The van der Waals surface area contributed by atoms with Crippen molar-refractivity contribution in [3.05, 3.63) is 45.7 Å². The van der Waals surface area contributed by atoms with Crippen molar-refractivity contribution in [2.45, 2.75) is 37.5 Å². The van der Waals surface area contributed by atoms with Gasteiger partial charge in [-0.2, -0.15) is 0 Å². The van der Waals surface area contributed by atoms with E-state index in [0.29, 0.717) is 17.4 Å². The number of benzene rings is 1. The molecule has 2 aromatic rings. The molecule has 1 aromatic heterocycles. The Balaban J connectivity index is 1.38. The summed E-state index contributed by atoms with van der Waals surface area (Å²) in [5.74, 6) is 0.737. The van der Waals surface area contributed by atoms with Gasteiger partial charge in [0, 0.05) is 30.5 Å². The fourth-order valence-corrected chi connectivity index (χ4v) is 4.19. The second-order valence-electron chi connectivity index (χ2n) is 6.33. The SMILES string of the molecule is O=C(c1ccc(F)cc1)N1CCC(c2nnc(C3CC3)s2)CC1. The Morgan fingerprint density at radius 3 is 2.13 bits per heavy atom. The van der Waals surface area contributed by atoms with Crippen molar-refractivity contribution in [2.24, 2.45) is 0 Å². The molecule has 120 valence electrons. The van der Waals surface area contributed by atoms with Crippen LogP contribution in [0.4, 0.5) is 4.39 Å². The number of carbonyl (C=O) groups excluding carboxylic acids is 1. The van der Waals surface area contributed by atoms with Gasteiger partial charge in [-0.1, -0.05) is 0 Å². The third-order valence-electron chi connectivity index (χ3n) is 4.61. The number of nitrogens with zero attached hydrogens (tertiary/aromatic N) is 3. The van der Waals surface area contributed by atoms with E-state index in [2.05, 4.69) is 10.2 Å². The number of carbonyl (C=O) groups is 1. The third-order valence-corrected chi connectivity index (χ3v) is 5.85. The summed E-state index contributed by atoms with van der Waals surface area (Å²) < 4.78 is 13.0.